The second-order valence-corrected chi connectivity index (χ2v) is 6.09. The van der Waals surface area contributed by atoms with Gasteiger partial charge in [-0.25, -0.2) is 14.8 Å². The second kappa shape index (κ2) is 9.84. The predicted octanol–water partition coefficient (Wildman–Crippen LogP) is 2.84. The molecule has 1 heterocycles. The number of alkyl carbamates (subject to hydrolysis) is 1. The van der Waals surface area contributed by atoms with E-state index in [4.69, 9.17) is 15.2 Å². The van der Waals surface area contributed by atoms with Crippen LogP contribution in [0.5, 0.6) is 11.6 Å². The molecular formula is C21H20N4O4. The van der Waals surface area contributed by atoms with Gasteiger partial charge < -0.3 is 20.5 Å². The zero-order chi connectivity index (χ0) is 20.5. The molecular weight excluding hydrogens is 372 g/mol. The highest BCUT2D eigenvalue weighted by atomic mass is 16.5. The van der Waals surface area contributed by atoms with Crippen LogP contribution in [0.3, 0.4) is 0 Å². The van der Waals surface area contributed by atoms with E-state index in [0.29, 0.717) is 12.3 Å². The van der Waals surface area contributed by atoms with Crippen molar-refractivity contribution in [3.05, 3.63) is 83.8 Å². The summed E-state index contributed by atoms with van der Waals surface area (Å²) in [6.45, 7) is 0.649. The average Bonchev–Trinajstić information content (AvgIpc) is 2.74. The summed E-state index contributed by atoms with van der Waals surface area (Å²) in [7, 11) is 0. The topological polar surface area (TPSA) is 116 Å². The Balaban J connectivity index is 1.41. The molecule has 3 rings (SSSR count). The first-order valence-corrected chi connectivity index (χ1v) is 8.93. The molecule has 0 atom stereocenters. The van der Waals surface area contributed by atoms with E-state index in [9.17, 15) is 9.59 Å². The summed E-state index contributed by atoms with van der Waals surface area (Å²) < 4.78 is 10.7. The van der Waals surface area contributed by atoms with Crippen molar-refractivity contribution in [1.82, 2.24) is 15.3 Å². The monoisotopic (exact) mass is 392 g/mol. The molecule has 2 amide bonds. The third-order valence-corrected chi connectivity index (χ3v) is 3.92. The summed E-state index contributed by atoms with van der Waals surface area (Å²) >= 11 is 0. The van der Waals surface area contributed by atoms with Gasteiger partial charge in [0.15, 0.2) is 0 Å². The number of primary amides is 1. The molecule has 0 spiro atoms. The van der Waals surface area contributed by atoms with Crippen molar-refractivity contribution in [1.29, 1.82) is 0 Å². The lowest BCUT2D eigenvalue weighted by molar-refractivity contribution is 0.0995. The van der Waals surface area contributed by atoms with Gasteiger partial charge in [-0.05, 0) is 29.7 Å². The molecule has 0 unspecified atom stereocenters. The first-order valence-electron chi connectivity index (χ1n) is 8.93. The van der Waals surface area contributed by atoms with Crippen LogP contribution in [0.2, 0.25) is 0 Å². The number of hydrogen-bond donors (Lipinski definition) is 2. The van der Waals surface area contributed by atoms with Crippen molar-refractivity contribution < 1.29 is 19.1 Å². The molecule has 0 saturated carbocycles. The summed E-state index contributed by atoms with van der Waals surface area (Å²) in [5.74, 6) is 0.108. The molecule has 0 aliphatic carbocycles. The molecule has 0 radical (unpaired) electrons. The van der Waals surface area contributed by atoms with E-state index in [1.807, 2.05) is 30.3 Å². The largest absolute Gasteiger partial charge is 0.445 e. The fourth-order valence-electron chi connectivity index (χ4n) is 2.42. The van der Waals surface area contributed by atoms with Gasteiger partial charge in [0, 0.05) is 6.54 Å². The van der Waals surface area contributed by atoms with Crippen molar-refractivity contribution in [3.63, 3.8) is 0 Å². The lowest BCUT2D eigenvalue weighted by Gasteiger charge is -2.08. The van der Waals surface area contributed by atoms with Crippen LogP contribution in [0.1, 0.15) is 21.6 Å². The number of rotatable bonds is 8. The Bertz CT molecular complexity index is 945. The number of nitrogens with two attached hydrogens (primary N) is 1. The summed E-state index contributed by atoms with van der Waals surface area (Å²) in [5, 5.41) is 2.72. The third-order valence-electron chi connectivity index (χ3n) is 3.92. The summed E-state index contributed by atoms with van der Waals surface area (Å²) in [6, 6.07) is 16.9. The Labute approximate surface area is 167 Å². The van der Waals surface area contributed by atoms with E-state index >= 15 is 0 Å². The molecule has 2 aromatic carbocycles. The van der Waals surface area contributed by atoms with E-state index in [1.165, 1.54) is 12.4 Å². The molecule has 3 aromatic rings. The van der Waals surface area contributed by atoms with Crippen molar-refractivity contribution in [2.75, 3.05) is 6.54 Å². The molecule has 148 valence electrons. The Morgan fingerprint density at radius 2 is 1.69 bits per heavy atom. The lowest BCUT2D eigenvalue weighted by atomic mass is 10.1. The SMILES string of the molecule is NC(=O)c1cnc(Oc2ccc(COC(=O)NCCc3ccccc3)cc2)cn1. The van der Waals surface area contributed by atoms with E-state index in [2.05, 4.69) is 15.3 Å². The second-order valence-electron chi connectivity index (χ2n) is 6.09. The van der Waals surface area contributed by atoms with E-state index < -0.39 is 12.0 Å². The third kappa shape index (κ3) is 6.31. The Morgan fingerprint density at radius 1 is 0.931 bits per heavy atom. The van der Waals surface area contributed by atoms with E-state index in [0.717, 1.165) is 17.5 Å². The number of carbonyl (C=O) groups excluding carboxylic acids is 2. The minimum Gasteiger partial charge on any atom is -0.445 e. The maximum Gasteiger partial charge on any atom is 0.407 e. The molecule has 0 saturated heterocycles. The fourth-order valence-corrected chi connectivity index (χ4v) is 2.42. The zero-order valence-electron chi connectivity index (χ0n) is 15.6. The van der Waals surface area contributed by atoms with Crippen LogP contribution in [0.4, 0.5) is 4.79 Å². The molecule has 1 aromatic heterocycles. The molecule has 0 fully saturated rings. The van der Waals surface area contributed by atoms with Gasteiger partial charge in [-0.1, -0.05) is 42.5 Å². The maximum atomic E-state index is 11.8. The Morgan fingerprint density at radius 3 is 2.34 bits per heavy atom. The molecule has 0 bridgehead atoms. The number of nitrogens with zero attached hydrogens (tertiary/aromatic N) is 2. The first-order chi connectivity index (χ1) is 14.1. The van der Waals surface area contributed by atoms with Gasteiger partial charge >= 0.3 is 6.09 Å². The number of amides is 2. The van der Waals surface area contributed by atoms with Crippen molar-refractivity contribution in [2.24, 2.45) is 5.73 Å². The minimum atomic E-state index is -0.655. The normalized spacial score (nSPS) is 10.2. The molecule has 8 nitrogen and oxygen atoms in total. The summed E-state index contributed by atoms with van der Waals surface area (Å²) in [6.07, 6.45) is 2.84. The average molecular weight is 392 g/mol. The Hall–Kier alpha value is -3.94. The van der Waals surface area contributed by atoms with E-state index in [-0.39, 0.29) is 18.2 Å². The number of aromatic nitrogens is 2. The molecule has 0 aliphatic heterocycles. The number of ether oxygens (including phenoxy) is 2. The van der Waals surface area contributed by atoms with Crippen LogP contribution in [-0.2, 0) is 17.8 Å². The maximum absolute atomic E-state index is 11.8. The van der Waals surface area contributed by atoms with Gasteiger partial charge in [-0.3, -0.25) is 4.79 Å². The predicted molar refractivity (Wildman–Crippen MR) is 105 cm³/mol. The van der Waals surface area contributed by atoms with Gasteiger partial charge in [0.1, 0.15) is 18.1 Å². The molecule has 0 aliphatic rings. The van der Waals surface area contributed by atoms with Crippen LogP contribution < -0.4 is 15.8 Å². The molecule has 8 heteroatoms. The molecule has 3 N–H and O–H groups in total. The van der Waals surface area contributed by atoms with E-state index in [1.54, 1.807) is 24.3 Å². The highest BCUT2D eigenvalue weighted by Crippen LogP contribution is 2.19. The van der Waals surface area contributed by atoms with Crippen LogP contribution in [0.15, 0.2) is 67.0 Å². The first kappa shape index (κ1) is 19.8. The van der Waals surface area contributed by atoms with Crippen LogP contribution >= 0.6 is 0 Å². The van der Waals surface area contributed by atoms with Gasteiger partial charge in [-0.2, -0.15) is 0 Å². The van der Waals surface area contributed by atoms with Crippen LogP contribution in [-0.4, -0.2) is 28.5 Å². The van der Waals surface area contributed by atoms with Crippen LogP contribution in [0.25, 0.3) is 0 Å². The van der Waals surface area contributed by atoms with Gasteiger partial charge in [0.05, 0.1) is 12.4 Å². The van der Waals surface area contributed by atoms with Crippen molar-refractivity contribution in [2.45, 2.75) is 13.0 Å². The molecule has 29 heavy (non-hydrogen) atoms. The quantitative estimate of drug-likeness (QED) is 0.609. The van der Waals surface area contributed by atoms with Crippen molar-refractivity contribution in [3.8, 4) is 11.6 Å². The zero-order valence-corrected chi connectivity index (χ0v) is 15.6. The number of carbonyl (C=O) groups is 2. The summed E-state index contributed by atoms with van der Waals surface area (Å²) in [5.41, 5.74) is 7.14. The van der Waals surface area contributed by atoms with Crippen LogP contribution in [0, 0.1) is 0 Å². The van der Waals surface area contributed by atoms with Gasteiger partial charge in [-0.15, -0.1) is 0 Å². The lowest BCUT2D eigenvalue weighted by Crippen LogP contribution is -2.26. The van der Waals surface area contributed by atoms with Gasteiger partial charge in [0.25, 0.3) is 5.91 Å². The standard InChI is InChI=1S/C21H20N4O4/c22-20(26)18-12-25-19(13-24-18)29-17-8-6-16(7-9-17)14-28-21(27)23-11-10-15-4-2-1-3-5-15/h1-9,12-13H,10-11,14H2,(H2,22,26)(H,23,27). The number of hydrogen-bond acceptors (Lipinski definition) is 6. The number of benzene rings is 2. The van der Waals surface area contributed by atoms with Gasteiger partial charge in [0.2, 0.25) is 5.88 Å². The summed E-state index contributed by atoms with van der Waals surface area (Å²) in [4.78, 5) is 30.6. The minimum absolute atomic E-state index is 0.0619. The smallest absolute Gasteiger partial charge is 0.407 e. The highest BCUT2D eigenvalue weighted by Gasteiger charge is 2.06. The highest BCUT2D eigenvalue weighted by molar-refractivity contribution is 5.90. The van der Waals surface area contributed by atoms with Crippen molar-refractivity contribution >= 4 is 12.0 Å². The Kier molecular flexibility index (Phi) is 6.72. The number of nitrogens with one attached hydrogen (secondary N) is 1. The fraction of sp³-hybridized carbons (Fsp3) is 0.143.